The van der Waals surface area contributed by atoms with Gasteiger partial charge in [0.05, 0.1) is 19.8 Å². The summed E-state index contributed by atoms with van der Waals surface area (Å²) in [5, 5.41) is 3.12. The Kier molecular flexibility index (Phi) is 6.24. The standard InChI is InChI=1S/C20H25NO3/c1-5-24-18-12-8-16(9-13-18)20(22)21-19(14(2)3)15-6-10-17(23-4)11-7-15/h6-14,19H,5H2,1-4H3,(H,21,22). The van der Waals surface area contributed by atoms with E-state index in [0.717, 1.165) is 17.1 Å². The number of nitrogens with one attached hydrogen (secondary N) is 1. The molecule has 4 nitrogen and oxygen atoms in total. The average Bonchev–Trinajstić information content (AvgIpc) is 2.60. The molecule has 0 saturated heterocycles. The van der Waals surface area contributed by atoms with E-state index < -0.39 is 0 Å². The van der Waals surface area contributed by atoms with Gasteiger partial charge in [0.2, 0.25) is 0 Å². The quantitative estimate of drug-likeness (QED) is 0.828. The fraction of sp³-hybridized carbons (Fsp3) is 0.350. The monoisotopic (exact) mass is 327 g/mol. The largest absolute Gasteiger partial charge is 0.497 e. The van der Waals surface area contributed by atoms with Crippen LogP contribution in [0.1, 0.15) is 42.7 Å². The average molecular weight is 327 g/mol. The van der Waals surface area contributed by atoms with E-state index in [9.17, 15) is 4.79 Å². The molecule has 4 heteroatoms. The van der Waals surface area contributed by atoms with Crippen LogP contribution in [0.15, 0.2) is 48.5 Å². The molecule has 0 fully saturated rings. The fourth-order valence-electron chi connectivity index (χ4n) is 2.54. The molecule has 2 aromatic rings. The maximum absolute atomic E-state index is 12.5. The molecule has 0 aliphatic heterocycles. The lowest BCUT2D eigenvalue weighted by Gasteiger charge is -2.23. The molecule has 0 aliphatic carbocycles. The molecule has 0 aromatic heterocycles. The van der Waals surface area contributed by atoms with Crippen molar-refractivity contribution in [3.8, 4) is 11.5 Å². The second-order valence-corrected chi connectivity index (χ2v) is 5.93. The normalized spacial score (nSPS) is 11.9. The number of carbonyl (C=O) groups is 1. The summed E-state index contributed by atoms with van der Waals surface area (Å²) in [6.45, 7) is 6.72. The molecule has 24 heavy (non-hydrogen) atoms. The highest BCUT2D eigenvalue weighted by molar-refractivity contribution is 5.94. The van der Waals surface area contributed by atoms with Crippen molar-refractivity contribution in [3.05, 3.63) is 59.7 Å². The topological polar surface area (TPSA) is 47.6 Å². The van der Waals surface area contributed by atoms with Gasteiger partial charge in [-0.2, -0.15) is 0 Å². The van der Waals surface area contributed by atoms with Gasteiger partial charge in [-0.15, -0.1) is 0 Å². The molecule has 0 bridgehead atoms. The minimum atomic E-state index is -0.0902. The van der Waals surface area contributed by atoms with Gasteiger partial charge in [-0.3, -0.25) is 4.79 Å². The van der Waals surface area contributed by atoms with Crippen LogP contribution in [0.5, 0.6) is 11.5 Å². The number of rotatable bonds is 7. The molecular formula is C20H25NO3. The summed E-state index contributed by atoms with van der Waals surface area (Å²) in [5.41, 5.74) is 1.68. The van der Waals surface area contributed by atoms with Crippen molar-refractivity contribution in [1.29, 1.82) is 0 Å². The van der Waals surface area contributed by atoms with Crippen LogP contribution in [0.4, 0.5) is 0 Å². The molecule has 1 amide bonds. The van der Waals surface area contributed by atoms with Gasteiger partial charge in [-0.05, 0) is 54.8 Å². The number of hydrogen-bond donors (Lipinski definition) is 1. The van der Waals surface area contributed by atoms with Crippen LogP contribution in [0.25, 0.3) is 0 Å². The van der Waals surface area contributed by atoms with Gasteiger partial charge in [0, 0.05) is 5.56 Å². The van der Waals surface area contributed by atoms with Crippen LogP contribution in [-0.4, -0.2) is 19.6 Å². The van der Waals surface area contributed by atoms with Gasteiger partial charge in [0.15, 0.2) is 0 Å². The second kappa shape index (κ2) is 8.39. The highest BCUT2D eigenvalue weighted by Gasteiger charge is 2.19. The van der Waals surface area contributed by atoms with Crippen LogP contribution in [0.2, 0.25) is 0 Å². The van der Waals surface area contributed by atoms with Crippen LogP contribution < -0.4 is 14.8 Å². The summed E-state index contributed by atoms with van der Waals surface area (Å²) in [5.74, 6) is 1.75. The smallest absolute Gasteiger partial charge is 0.251 e. The summed E-state index contributed by atoms with van der Waals surface area (Å²) in [4.78, 5) is 12.5. The number of carbonyl (C=O) groups excluding carboxylic acids is 1. The first-order chi connectivity index (χ1) is 11.5. The van der Waals surface area contributed by atoms with Crippen molar-refractivity contribution in [2.45, 2.75) is 26.8 Å². The van der Waals surface area contributed by atoms with Crippen molar-refractivity contribution in [3.63, 3.8) is 0 Å². The number of hydrogen-bond acceptors (Lipinski definition) is 3. The van der Waals surface area contributed by atoms with Crippen LogP contribution in [0.3, 0.4) is 0 Å². The van der Waals surface area contributed by atoms with Crippen molar-refractivity contribution < 1.29 is 14.3 Å². The molecule has 128 valence electrons. The van der Waals surface area contributed by atoms with Gasteiger partial charge < -0.3 is 14.8 Å². The highest BCUT2D eigenvalue weighted by Crippen LogP contribution is 2.24. The van der Waals surface area contributed by atoms with Gasteiger partial charge in [0.1, 0.15) is 11.5 Å². The Morgan fingerprint density at radius 2 is 1.58 bits per heavy atom. The Morgan fingerprint density at radius 3 is 2.08 bits per heavy atom. The van der Waals surface area contributed by atoms with E-state index in [-0.39, 0.29) is 17.9 Å². The van der Waals surface area contributed by atoms with E-state index >= 15 is 0 Å². The van der Waals surface area contributed by atoms with Gasteiger partial charge in [0.25, 0.3) is 5.91 Å². The zero-order valence-electron chi connectivity index (χ0n) is 14.7. The number of amides is 1. The Bertz CT molecular complexity index is 648. The van der Waals surface area contributed by atoms with E-state index in [4.69, 9.17) is 9.47 Å². The zero-order valence-corrected chi connectivity index (χ0v) is 14.7. The van der Waals surface area contributed by atoms with E-state index in [1.807, 2.05) is 43.3 Å². The van der Waals surface area contributed by atoms with Crippen molar-refractivity contribution in [2.24, 2.45) is 5.92 Å². The molecular weight excluding hydrogens is 302 g/mol. The summed E-state index contributed by atoms with van der Waals surface area (Å²) < 4.78 is 10.6. The molecule has 1 unspecified atom stereocenters. The molecule has 0 spiro atoms. The van der Waals surface area contributed by atoms with Crippen LogP contribution in [0, 0.1) is 5.92 Å². The van der Waals surface area contributed by atoms with Crippen LogP contribution >= 0.6 is 0 Å². The minimum absolute atomic E-state index is 0.0602. The Hall–Kier alpha value is -2.49. The predicted octanol–water partition coefficient (Wildman–Crippen LogP) is 4.22. The maximum atomic E-state index is 12.5. The van der Waals surface area contributed by atoms with Gasteiger partial charge in [-0.1, -0.05) is 26.0 Å². The number of methoxy groups -OCH3 is 1. The third-order valence-electron chi connectivity index (χ3n) is 3.86. The Labute approximate surface area is 143 Å². The summed E-state index contributed by atoms with van der Waals surface area (Å²) in [6.07, 6.45) is 0. The molecule has 1 N–H and O–H groups in total. The lowest BCUT2D eigenvalue weighted by molar-refractivity contribution is 0.0925. The van der Waals surface area contributed by atoms with E-state index in [1.54, 1.807) is 19.2 Å². The first-order valence-corrected chi connectivity index (χ1v) is 8.22. The highest BCUT2D eigenvalue weighted by atomic mass is 16.5. The van der Waals surface area contributed by atoms with E-state index in [2.05, 4.69) is 19.2 Å². The molecule has 2 rings (SSSR count). The molecule has 0 radical (unpaired) electrons. The predicted molar refractivity (Wildman–Crippen MR) is 95.7 cm³/mol. The lowest BCUT2D eigenvalue weighted by Crippen LogP contribution is -2.31. The lowest BCUT2D eigenvalue weighted by atomic mass is 9.95. The first-order valence-electron chi connectivity index (χ1n) is 8.22. The van der Waals surface area contributed by atoms with Crippen molar-refractivity contribution in [2.75, 3.05) is 13.7 Å². The second-order valence-electron chi connectivity index (χ2n) is 5.93. The van der Waals surface area contributed by atoms with Crippen LogP contribution in [-0.2, 0) is 0 Å². The van der Waals surface area contributed by atoms with Crippen molar-refractivity contribution in [1.82, 2.24) is 5.32 Å². The summed E-state index contributed by atoms with van der Waals surface area (Å²) in [6, 6.07) is 14.9. The zero-order chi connectivity index (χ0) is 17.5. The summed E-state index contributed by atoms with van der Waals surface area (Å²) >= 11 is 0. The molecule has 0 saturated carbocycles. The molecule has 0 heterocycles. The SMILES string of the molecule is CCOc1ccc(C(=O)NC(c2ccc(OC)cc2)C(C)C)cc1. The van der Waals surface area contributed by atoms with Crippen molar-refractivity contribution >= 4 is 5.91 Å². The number of ether oxygens (including phenoxy) is 2. The maximum Gasteiger partial charge on any atom is 0.251 e. The van der Waals surface area contributed by atoms with E-state index in [1.165, 1.54) is 0 Å². The molecule has 1 atom stereocenters. The Morgan fingerprint density at radius 1 is 1.00 bits per heavy atom. The third kappa shape index (κ3) is 4.51. The first kappa shape index (κ1) is 17.9. The third-order valence-corrected chi connectivity index (χ3v) is 3.86. The van der Waals surface area contributed by atoms with E-state index in [0.29, 0.717) is 12.2 Å². The minimum Gasteiger partial charge on any atom is -0.497 e. The molecule has 2 aromatic carbocycles. The summed E-state index contributed by atoms with van der Waals surface area (Å²) in [7, 11) is 1.64. The van der Waals surface area contributed by atoms with Gasteiger partial charge >= 0.3 is 0 Å². The Balaban J connectivity index is 2.12. The fourth-order valence-corrected chi connectivity index (χ4v) is 2.54. The number of benzene rings is 2. The molecule has 0 aliphatic rings. The van der Waals surface area contributed by atoms with Gasteiger partial charge in [-0.25, -0.2) is 0 Å².